The molecule has 5 heteroatoms. The number of hydrogen-bond acceptors (Lipinski definition) is 4. The first-order valence-corrected chi connectivity index (χ1v) is 9.99. The lowest BCUT2D eigenvalue weighted by Crippen LogP contribution is -2.27. The van der Waals surface area contributed by atoms with E-state index in [-0.39, 0.29) is 17.7 Å². The number of methoxy groups -OCH3 is 1. The molecule has 0 N–H and O–H groups in total. The van der Waals surface area contributed by atoms with Crippen molar-refractivity contribution >= 4 is 29.0 Å². The Balaban J connectivity index is 1.49. The summed E-state index contributed by atoms with van der Waals surface area (Å²) in [6, 6.07) is 25.4. The molecule has 3 aromatic rings. The lowest BCUT2D eigenvalue weighted by molar-refractivity contribution is -0.123. The number of carbonyl (C=O) groups excluding carboxylic acids is 2. The van der Waals surface area contributed by atoms with Gasteiger partial charge in [-0.3, -0.25) is 14.5 Å². The Morgan fingerprint density at radius 2 is 1.52 bits per heavy atom. The highest BCUT2D eigenvalue weighted by molar-refractivity contribution is 8.18. The van der Waals surface area contributed by atoms with Gasteiger partial charge in [0.1, 0.15) is 5.75 Å². The molecule has 0 spiro atoms. The highest BCUT2D eigenvalue weighted by Crippen LogP contribution is 2.33. The number of thioether (sulfide) groups is 1. The highest BCUT2D eigenvalue weighted by Gasteiger charge is 2.34. The van der Waals surface area contributed by atoms with Crippen LogP contribution in [0.1, 0.15) is 11.1 Å². The number of imide groups is 1. The van der Waals surface area contributed by atoms with E-state index in [1.165, 1.54) is 4.90 Å². The van der Waals surface area contributed by atoms with Gasteiger partial charge >= 0.3 is 0 Å². The zero-order chi connectivity index (χ0) is 20.2. The minimum absolute atomic E-state index is 0.249. The van der Waals surface area contributed by atoms with E-state index >= 15 is 0 Å². The minimum Gasteiger partial charge on any atom is -0.497 e. The van der Waals surface area contributed by atoms with Gasteiger partial charge in [-0.2, -0.15) is 0 Å². The first kappa shape index (κ1) is 19.0. The van der Waals surface area contributed by atoms with Crippen LogP contribution < -0.4 is 4.74 Å². The van der Waals surface area contributed by atoms with Crippen LogP contribution in [0.2, 0.25) is 0 Å². The molecular weight excluding hydrogens is 382 g/mol. The first-order chi connectivity index (χ1) is 14.1. The maximum atomic E-state index is 12.7. The van der Waals surface area contributed by atoms with E-state index in [0.717, 1.165) is 39.8 Å². The van der Waals surface area contributed by atoms with Gasteiger partial charge in [0.15, 0.2) is 0 Å². The number of carbonyl (C=O) groups is 2. The van der Waals surface area contributed by atoms with Gasteiger partial charge in [-0.25, -0.2) is 0 Å². The molecule has 1 saturated heterocycles. The third-order valence-corrected chi connectivity index (χ3v) is 5.60. The number of benzene rings is 3. The Labute approximate surface area is 173 Å². The van der Waals surface area contributed by atoms with Crippen molar-refractivity contribution in [3.63, 3.8) is 0 Å². The lowest BCUT2D eigenvalue weighted by atomic mass is 10.0. The fraction of sp³-hybridized carbons (Fsp3) is 0.0833. The van der Waals surface area contributed by atoms with Gasteiger partial charge in [0.25, 0.3) is 11.1 Å². The topological polar surface area (TPSA) is 46.6 Å². The predicted octanol–water partition coefficient (Wildman–Crippen LogP) is 5.60. The second-order valence-electron chi connectivity index (χ2n) is 6.60. The fourth-order valence-corrected chi connectivity index (χ4v) is 3.94. The largest absolute Gasteiger partial charge is 0.497 e. The van der Waals surface area contributed by atoms with Crippen LogP contribution in [0.5, 0.6) is 5.75 Å². The Kier molecular flexibility index (Phi) is 5.49. The molecule has 0 radical (unpaired) electrons. The van der Waals surface area contributed by atoms with E-state index < -0.39 is 0 Å². The van der Waals surface area contributed by atoms with Crippen molar-refractivity contribution in [1.29, 1.82) is 0 Å². The summed E-state index contributed by atoms with van der Waals surface area (Å²) >= 11 is 0.978. The van der Waals surface area contributed by atoms with Crippen LogP contribution in [0, 0.1) is 0 Å². The quantitative estimate of drug-likeness (QED) is 0.522. The van der Waals surface area contributed by atoms with Crippen molar-refractivity contribution in [2.75, 3.05) is 7.11 Å². The van der Waals surface area contributed by atoms with Crippen molar-refractivity contribution in [2.45, 2.75) is 6.54 Å². The summed E-state index contributed by atoms with van der Waals surface area (Å²) in [6.45, 7) is 0.249. The molecule has 1 heterocycles. The molecular formula is C24H19NO3S. The smallest absolute Gasteiger partial charge is 0.293 e. The van der Waals surface area contributed by atoms with Crippen LogP contribution >= 0.6 is 11.8 Å². The summed E-state index contributed by atoms with van der Waals surface area (Å²) in [5.74, 6) is 0.477. The molecule has 29 heavy (non-hydrogen) atoms. The zero-order valence-corrected chi connectivity index (χ0v) is 16.7. The first-order valence-electron chi connectivity index (χ1n) is 9.18. The summed E-state index contributed by atoms with van der Waals surface area (Å²) in [7, 11) is 1.60. The minimum atomic E-state index is -0.261. The van der Waals surface area contributed by atoms with Crippen molar-refractivity contribution in [3.8, 4) is 16.9 Å². The van der Waals surface area contributed by atoms with Gasteiger partial charge in [-0.1, -0.05) is 66.7 Å². The van der Waals surface area contributed by atoms with E-state index in [9.17, 15) is 9.59 Å². The van der Waals surface area contributed by atoms with E-state index in [2.05, 4.69) is 12.1 Å². The molecule has 4 rings (SSSR count). The maximum Gasteiger partial charge on any atom is 0.293 e. The van der Waals surface area contributed by atoms with Crippen molar-refractivity contribution in [1.82, 2.24) is 4.90 Å². The van der Waals surface area contributed by atoms with Crippen molar-refractivity contribution < 1.29 is 14.3 Å². The normalized spacial score (nSPS) is 15.2. The molecule has 1 aliphatic rings. The fourth-order valence-electron chi connectivity index (χ4n) is 3.10. The predicted molar refractivity (Wildman–Crippen MR) is 116 cm³/mol. The van der Waals surface area contributed by atoms with Crippen molar-refractivity contribution in [3.05, 3.63) is 94.9 Å². The lowest BCUT2D eigenvalue weighted by Gasteiger charge is -2.12. The van der Waals surface area contributed by atoms with E-state index in [1.54, 1.807) is 13.2 Å². The highest BCUT2D eigenvalue weighted by atomic mass is 32.2. The number of nitrogens with zero attached hydrogens (tertiary/aromatic N) is 1. The zero-order valence-electron chi connectivity index (χ0n) is 15.9. The molecule has 0 aliphatic carbocycles. The average Bonchev–Trinajstić information content (AvgIpc) is 3.03. The van der Waals surface area contributed by atoms with Gasteiger partial charge < -0.3 is 4.74 Å². The molecule has 4 nitrogen and oxygen atoms in total. The summed E-state index contributed by atoms with van der Waals surface area (Å²) in [6.07, 6.45) is 1.77. The van der Waals surface area contributed by atoms with Crippen LogP contribution in [-0.4, -0.2) is 23.2 Å². The van der Waals surface area contributed by atoms with Gasteiger partial charge in [0, 0.05) is 0 Å². The second kappa shape index (κ2) is 8.37. The Morgan fingerprint density at radius 3 is 2.17 bits per heavy atom. The van der Waals surface area contributed by atoms with Gasteiger partial charge in [-0.15, -0.1) is 0 Å². The Hall–Kier alpha value is -3.31. The van der Waals surface area contributed by atoms with E-state index in [0.29, 0.717) is 4.91 Å². The monoisotopic (exact) mass is 401 g/mol. The summed E-state index contributed by atoms with van der Waals surface area (Å²) < 4.78 is 5.14. The maximum absolute atomic E-state index is 12.7. The van der Waals surface area contributed by atoms with E-state index in [4.69, 9.17) is 4.74 Å². The Bertz CT molecular complexity index is 1060. The number of ether oxygens (including phenoxy) is 1. The summed E-state index contributed by atoms with van der Waals surface area (Å²) in [5, 5.41) is -0.252. The van der Waals surface area contributed by atoms with Crippen LogP contribution in [0.25, 0.3) is 17.2 Å². The molecule has 2 amide bonds. The number of hydrogen-bond donors (Lipinski definition) is 0. The van der Waals surface area contributed by atoms with Gasteiger partial charge in [0.2, 0.25) is 0 Å². The van der Waals surface area contributed by atoms with Crippen LogP contribution in [-0.2, 0) is 11.3 Å². The second-order valence-corrected chi connectivity index (χ2v) is 7.60. The van der Waals surface area contributed by atoms with Gasteiger partial charge in [-0.05, 0) is 52.2 Å². The summed E-state index contributed by atoms with van der Waals surface area (Å²) in [5.41, 5.74) is 4.01. The molecule has 0 atom stereocenters. The van der Waals surface area contributed by atoms with E-state index in [1.807, 2.05) is 66.7 Å². The molecule has 0 unspecified atom stereocenters. The average molecular weight is 401 g/mol. The standard InChI is InChI=1S/C24H19NO3S/c1-28-21-13-9-18(10-14-21)16-25-23(26)22(29-24(25)27)15-17-7-11-20(12-8-17)19-5-3-2-4-6-19/h2-15H,16H2,1H3/b22-15-. The Morgan fingerprint density at radius 1 is 0.862 bits per heavy atom. The molecule has 0 bridgehead atoms. The van der Waals surface area contributed by atoms with Crippen LogP contribution in [0.15, 0.2) is 83.8 Å². The molecule has 0 saturated carbocycles. The van der Waals surface area contributed by atoms with Crippen LogP contribution in [0.3, 0.4) is 0 Å². The molecule has 1 aliphatic heterocycles. The number of amides is 2. The molecule has 1 fully saturated rings. The third kappa shape index (κ3) is 4.25. The van der Waals surface area contributed by atoms with Crippen molar-refractivity contribution in [2.24, 2.45) is 0 Å². The molecule has 144 valence electrons. The molecule has 3 aromatic carbocycles. The third-order valence-electron chi connectivity index (χ3n) is 4.69. The molecule has 0 aromatic heterocycles. The van der Waals surface area contributed by atoms with Crippen LogP contribution in [0.4, 0.5) is 4.79 Å². The summed E-state index contributed by atoms with van der Waals surface area (Å²) in [4.78, 5) is 26.8. The van der Waals surface area contributed by atoms with Gasteiger partial charge in [0.05, 0.1) is 18.6 Å². The SMILES string of the molecule is COc1ccc(CN2C(=O)S/C(=C\c3ccc(-c4ccccc4)cc3)C2=O)cc1. The number of rotatable bonds is 5.